The number of amides is 5. The number of rotatable bonds is 4. The first-order chi connectivity index (χ1) is 12.4. The van der Waals surface area contributed by atoms with Crippen molar-refractivity contribution in [2.24, 2.45) is 0 Å². The Kier molecular flexibility index (Phi) is 6.49. The van der Waals surface area contributed by atoms with Gasteiger partial charge in [-0.15, -0.1) is 0 Å². The van der Waals surface area contributed by atoms with Crippen molar-refractivity contribution in [2.75, 3.05) is 17.2 Å². The third-order valence-electron chi connectivity index (χ3n) is 3.13. The zero-order valence-corrected chi connectivity index (χ0v) is 14.4. The number of carbonyl (C=O) groups is 3. The summed E-state index contributed by atoms with van der Waals surface area (Å²) in [5.74, 6) is -0.213. The second kappa shape index (κ2) is 9.02. The normalized spacial score (nSPS) is 9.77. The van der Waals surface area contributed by atoms with Gasteiger partial charge in [-0.2, -0.15) is 0 Å². The fourth-order valence-electron chi connectivity index (χ4n) is 1.99. The zero-order chi connectivity index (χ0) is 18.9. The van der Waals surface area contributed by atoms with Crippen LogP contribution in [0.15, 0.2) is 42.5 Å². The van der Waals surface area contributed by atoms with E-state index in [2.05, 4.69) is 31.8 Å². The maximum atomic E-state index is 11.7. The predicted molar refractivity (Wildman–Crippen MR) is 97.5 cm³/mol. The molecule has 9 heteroatoms. The number of pyridine rings is 1. The van der Waals surface area contributed by atoms with Crippen LogP contribution in [-0.4, -0.2) is 29.5 Å². The molecule has 0 spiro atoms. The first-order valence-corrected chi connectivity index (χ1v) is 7.83. The Morgan fingerprint density at radius 3 is 2.42 bits per heavy atom. The SMILES string of the molecule is Cc1cccc(NC(=O)NNC(=O)CNC(=O)Nc2cccc(C)n2)c1. The van der Waals surface area contributed by atoms with Crippen molar-refractivity contribution in [3.05, 3.63) is 53.7 Å². The summed E-state index contributed by atoms with van der Waals surface area (Å²) in [6.07, 6.45) is 0. The molecule has 2 aromatic rings. The number of hydrazine groups is 1. The molecule has 0 saturated carbocycles. The minimum absolute atomic E-state index is 0.317. The third-order valence-corrected chi connectivity index (χ3v) is 3.13. The molecule has 0 saturated heterocycles. The highest BCUT2D eigenvalue weighted by Crippen LogP contribution is 2.08. The van der Waals surface area contributed by atoms with E-state index in [1.807, 2.05) is 13.0 Å². The molecule has 5 amide bonds. The van der Waals surface area contributed by atoms with Crippen LogP contribution >= 0.6 is 0 Å². The fourth-order valence-corrected chi connectivity index (χ4v) is 1.99. The Balaban J connectivity index is 1.68. The number of hydrogen-bond donors (Lipinski definition) is 5. The minimum Gasteiger partial charge on any atom is -0.329 e. The van der Waals surface area contributed by atoms with Crippen molar-refractivity contribution in [1.29, 1.82) is 0 Å². The smallest absolute Gasteiger partial charge is 0.329 e. The summed E-state index contributed by atoms with van der Waals surface area (Å²) in [4.78, 5) is 39.2. The quantitative estimate of drug-likeness (QED) is 0.535. The van der Waals surface area contributed by atoms with Gasteiger partial charge in [0, 0.05) is 11.4 Å². The van der Waals surface area contributed by atoms with E-state index in [-0.39, 0.29) is 6.54 Å². The van der Waals surface area contributed by atoms with Crippen LogP contribution in [-0.2, 0) is 4.79 Å². The molecule has 1 aromatic carbocycles. The zero-order valence-electron chi connectivity index (χ0n) is 14.4. The maximum absolute atomic E-state index is 11.7. The molecule has 136 valence electrons. The Bertz CT molecular complexity index is 743. The summed E-state index contributed by atoms with van der Waals surface area (Å²) in [6, 6.07) is 11.2. The van der Waals surface area contributed by atoms with Gasteiger partial charge in [-0.1, -0.05) is 18.2 Å². The van der Waals surface area contributed by atoms with Gasteiger partial charge in [0.2, 0.25) is 0 Å². The topological polar surface area (TPSA) is 124 Å². The van der Waals surface area contributed by atoms with Gasteiger partial charge in [0.1, 0.15) is 12.4 Å². The molecule has 0 bridgehead atoms. The Labute approximate surface area is 150 Å². The average molecular weight is 356 g/mol. The molecule has 1 aromatic heterocycles. The molecule has 1 heterocycles. The van der Waals surface area contributed by atoms with E-state index < -0.39 is 18.0 Å². The van der Waals surface area contributed by atoms with Gasteiger partial charge in [-0.05, 0) is 43.7 Å². The largest absolute Gasteiger partial charge is 0.337 e. The second-order valence-corrected chi connectivity index (χ2v) is 5.47. The molecule has 0 radical (unpaired) electrons. The first kappa shape index (κ1) is 18.7. The van der Waals surface area contributed by atoms with E-state index >= 15 is 0 Å². The Hall–Kier alpha value is -3.62. The summed E-state index contributed by atoms with van der Waals surface area (Å²) >= 11 is 0. The summed E-state index contributed by atoms with van der Waals surface area (Å²) in [5.41, 5.74) is 6.73. The van der Waals surface area contributed by atoms with Crippen LogP contribution in [0.4, 0.5) is 21.1 Å². The lowest BCUT2D eigenvalue weighted by molar-refractivity contribution is -0.120. The highest BCUT2D eigenvalue weighted by atomic mass is 16.2. The number of aryl methyl sites for hydroxylation is 2. The summed E-state index contributed by atoms with van der Waals surface area (Å²) in [7, 11) is 0. The van der Waals surface area contributed by atoms with Crippen LogP contribution in [0.2, 0.25) is 0 Å². The molecular formula is C17H20N6O3. The van der Waals surface area contributed by atoms with Crippen molar-refractivity contribution in [3.8, 4) is 0 Å². The van der Waals surface area contributed by atoms with Crippen molar-refractivity contribution in [3.63, 3.8) is 0 Å². The van der Waals surface area contributed by atoms with Gasteiger partial charge in [-0.3, -0.25) is 15.5 Å². The Morgan fingerprint density at radius 2 is 1.69 bits per heavy atom. The summed E-state index contributed by atoms with van der Waals surface area (Å²) in [6.45, 7) is 3.38. The lowest BCUT2D eigenvalue weighted by Gasteiger charge is -2.10. The van der Waals surface area contributed by atoms with Crippen molar-refractivity contribution in [2.45, 2.75) is 13.8 Å². The molecule has 26 heavy (non-hydrogen) atoms. The molecule has 0 aliphatic carbocycles. The third kappa shape index (κ3) is 6.48. The fraction of sp³-hybridized carbons (Fsp3) is 0.176. The van der Waals surface area contributed by atoms with Gasteiger partial charge >= 0.3 is 12.1 Å². The lowest BCUT2D eigenvalue weighted by Crippen LogP contribution is -2.48. The van der Waals surface area contributed by atoms with Crippen molar-refractivity contribution < 1.29 is 14.4 Å². The number of nitrogens with one attached hydrogen (secondary N) is 5. The van der Waals surface area contributed by atoms with Gasteiger partial charge in [-0.25, -0.2) is 20.0 Å². The van der Waals surface area contributed by atoms with Crippen molar-refractivity contribution >= 4 is 29.5 Å². The van der Waals surface area contributed by atoms with E-state index in [0.717, 1.165) is 11.3 Å². The number of carbonyl (C=O) groups excluding carboxylic acids is 3. The Morgan fingerprint density at radius 1 is 0.923 bits per heavy atom. The van der Waals surface area contributed by atoms with Gasteiger partial charge in [0.05, 0.1) is 0 Å². The van der Waals surface area contributed by atoms with Gasteiger partial charge < -0.3 is 10.6 Å². The number of anilines is 2. The molecule has 5 N–H and O–H groups in total. The van der Waals surface area contributed by atoms with Crippen LogP contribution in [0.1, 0.15) is 11.3 Å². The van der Waals surface area contributed by atoms with Gasteiger partial charge in [0.25, 0.3) is 5.91 Å². The summed E-state index contributed by atoms with van der Waals surface area (Å²) < 4.78 is 0. The van der Waals surface area contributed by atoms with Crippen LogP contribution in [0.5, 0.6) is 0 Å². The number of hydrogen-bond acceptors (Lipinski definition) is 4. The number of nitrogens with zero attached hydrogens (tertiary/aromatic N) is 1. The molecule has 0 aliphatic rings. The number of benzene rings is 1. The number of urea groups is 2. The first-order valence-electron chi connectivity index (χ1n) is 7.83. The highest BCUT2D eigenvalue weighted by Gasteiger charge is 2.08. The maximum Gasteiger partial charge on any atom is 0.337 e. The molecule has 0 atom stereocenters. The molecule has 2 rings (SSSR count). The standard InChI is InChI=1S/C17H20N6O3/c1-11-5-3-7-13(9-11)20-17(26)23-22-15(24)10-18-16(25)21-14-8-4-6-12(2)19-14/h3-9H,10H2,1-2H3,(H,22,24)(H2,20,23,26)(H2,18,19,21,25). The van der Waals surface area contributed by atoms with Gasteiger partial charge in [0.15, 0.2) is 0 Å². The summed E-state index contributed by atoms with van der Waals surface area (Å²) in [5, 5.41) is 7.43. The molecule has 0 fully saturated rings. The van der Waals surface area contributed by atoms with Crippen LogP contribution < -0.4 is 26.8 Å². The monoisotopic (exact) mass is 356 g/mol. The van der Waals surface area contributed by atoms with Crippen molar-refractivity contribution in [1.82, 2.24) is 21.2 Å². The van der Waals surface area contributed by atoms with Crippen LogP contribution in [0.3, 0.4) is 0 Å². The minimum atomic E-state index is -0.600. The highest BCUT2D eigenvalue weighted by molar-refractivity contribution is 5.93. The second-order valence-electron chi connectivity index (χ2n) is 5.47. The van der Waals surface area contributed by atoms with Crippen LogP contribution in [0, 0.1) is 13.8 Å². The van der Waals surface area contributed by atoms with E-state index in [1.165, 1.54) is 0 Å². The molecular weight excluding hydrogens is 336 g/mol. The van der Waals surface area contributed by atoms with Crippen LogP contribution in [0.25, 0.3) is 0 Å². The van der Waals surface area contributed by atoms with E-state index in [0.29, 0.717) is 11.5 Å². The predicted octanol–water partition coefficient (Wildman–Crippen LogP) is 1.67. The molecule has 0 aliphatic heterocycles. The number of aromatic nitrogens is 1. The average Bonchev–Trinajstić information content (AvgIpc) is 2.58. The van der Waals surface area contributed by atoms with E-state index in [9.17, 15) is 14.4 Å². The van der Waals surface area contributed by atoms with E-state index in [1.54, 1.807) is 43.3 Å². The molecule has 9 nitrogen and oxygen atoms in total. The lowest BCUT2D eigenvalue weighted by atomic mass is 10.2. The van der Waals surface area contributed by atoms with E-state index in [4.69, 9.17) is 0 Å². The molecule has 0 unspecified atom stereocenters.